The van der Waals surface area contributed by atoms with E-state index in [0.29, 0.717) is 41.1 Å². The summed E-state index contributed by atoms with van der Waals surface area (Å²) < 4.78 is 20.8. The van der Waals surface area contributed by atoms with Crippen molar-refractivity contribution in [1.29, 1.82) is 0 Å². The van der Waals surface area contributed by atoms with Crippen LogP contribution in [0.2, 0.25) is 0 Å². The molecular formula is C23H25FN4O2. The van der Waals surface area contributed by atoms with E-state index in [2.05, 4.69) is 10.3 Å². The fourth-order valence-electron chi connectivity index (χ4n) is 3.08. The Balaban J connectivity index is 1.82. The molecule has 0 radical (unpaired) electrons. The first-order chi connectivity index (χ1) is 14.4. The monoisotopic (exact) mass is 408 g/mol. The van der Waals surface area contributed by atoms with E-state index in [0.717, 1.165) is 11.3 Å². The lowest BCUT2D eigenvalue weighted by atomic mass is 9.97. The van der Waals surface area contributed by atoms with E-state index in [-0.39, 0.29) is 11.8 Å². The molecule has 1 aromatic heterocycles. The first-order valence-electron chi connectivity index (χ1n) is 9.49. The number of hydrogen-bond donors (Lipinski definition) is 2. The van der Waals surface area contributed by atoms with Crippen molar-refractivity contribution in [2.45, 2.75) is 13.0 Å². The van der Waals surface area contributed by atoms with Crippen LogP contribution >= 0.6 is 0 Å². The van der Waals surface area contributed by atoms with Gasteiger partial charge in [-0.2, -0.15) is 0 Å². The number of hydrogen-bond acceptors (Lipinski definition) is 4. The number of nitrogens with one attached hydrogen (secondary N) is 1. The number of amides is 2. The number of carbonyl (C=O) groups excluding carboxylic acids is 1. The summed E-state index contributed by atoms with van der Waals surface area (Å²) in [5.74, 6) is 0.106. The third-order valence-corrected chi connectivity index (χ3v) is 4.69. The zero-order valence-corrected chi connectivity index (χ0v) is 17.3. The third kappa shape index (κ3) is 4.86. The molecule has 3 N–H and O–H groups in total. The summed E-state index contributed by atoms with van der Waals surface area (Å²) in [6.07, 6.45) is 2.07. The maximum Gasteiger partial charge on any atom is 0.317 e. The van der Waals surface area contributed by atoms with Crippen molar-refractivity contribution in [1.82, 2.24) is 15.2 Å². The van der Waals surface area contributed by atoms with Gasteiger partial charge >= 0.3 is 6.03 Å². The van der Waals surface area contributed by atoms with Crippen molar-refractivity contribution in [2.24, 2.45) is 0 Å². The first-order valence-corrected chi connectivity index (χ1v) is 9.49. The van der Waals surface area contributed by atoms with Crippen molar-refractivity contribution in [3.8, 4) is 16.9 Å². The molecule has 3 aromatic rings. The number of rotatable bonds is 6. The summed E-state index contributed by atoms with van der Waals surface area (Å²) in [7, 11) is 4.86. The Bertz CT molecular complexity index is 1040. The van der Waals surface area contributed by atoms with Gasteiger partial charge in [0.25, 0.3) is 0 Å². The smallest absolute Gasteiger partial charge is 0.317 e. The maximum atomic E-state index is 15.4. The number of nitrogen functional groups attached to an aromatic ring is 1. The number of benzene rings is 2. The van der Waals surface area contributed by atoms with Crippen LogP contribution in [0.1, 0.15) is 16.8 Å². The number of methoxy groups -OCH3 is 1. The summed E-state index contributed by atoms with van der Waals surface area (Å²) in [4.78, 5) is 17.4. The lowest BCUT2D eigenvalue weighted by Crippen LogP contribution is -2.34. The van der Waals surface area contributed by atoms with E-state index < -0.39 is 0 Å². The highest BCUT2D eigenvalue weighted by Gasteiger charge is 2.17. The van der Waals surface area contributed by atoms with Gasteiger partial charge in [0.2, 0.25) is 0 Å². The number of aromatic nitrogens is 1. The van der Waals surface area contributed by atoms with Gasteiger partial charge in [-0.1, -0.05) is 24.3 Å². The minimum Gasteiger partial charge on any atom is -0.496 e. The van der Waals surface area contributed by atoms with Crippen molar-refractivity contribution < 1.29 is 13.9 Å². The van der Waals surface area contributed by atoms with Gasteiger partial charge in [-0.15, -0.1) is 0 Å². The number of carbonyl (C=O) groups is 1. The Morgan fingerprint density at radius 2 is 2.00 bits per heavy atom. The molecule has 0 saturated carbocycles. The quantitative estimate of drug-likeness (QED) is 0.608. The Morgan fingerprint density at radius 1 is 1.20 bits per heavy atom. The molecule has 0 aliphatic rings. The molecule has 6 nitrogen and oxygen atoms in total. The molecule has 2 amide bonds. The Kier molecular flexibility index (Phi) is 6.51. The average Bonchev–Trinajstić information content (AvgIpc) is 2.74. The maximum absolute atomic E-state index is 15.4. The minimum atomic E-state index is -0.345. The number of anilines is 1. The van der Waals surface area contributed by atoms with E-state index in [1.165, 1.54) is 12.0 Å². The van der Waals surface area contributed by atoms with Crippen molar-refractivity contribution in [2.75, 3.05) is 26.9 Å². The van der Waals surface area contributed by atoms with Crippen LogP contribution in [-0.2, 0) is 13.0 Å². The van der Waals surface area contributed by atoms with E-state index in [9.17, 15) is 4.79 Å². The predicted octanol–water partition coefficient (Wildman–Crippen LogP) is 3.84. The molecule has 0 spiro atoms. The van der Waals surface area contributed by atoms with E-state index in [4.69, 9.17) is 10.5 Å². The molecule has 0 unspecified atom stereocenters. The van der Waals surface area contributed by atoms with Gasteiger partial charge in [0.05, 0.1) is 24.9 Å². The lowest BCUT2D eigenvalue weighted by molar-refractivity contribution is 0.217. The second-order valence-electron chi connectivity index (χ2n) is 7.13. The molecule has 0 bridgehead atoms. The summed E-state index contributed by atoms with van der Waals surface area (Å²) in [6.45, 7) is 0.327. The standard InChI is InChI=1S/C23H25FN4O2/c1-28(2)23(29)27-14-19-9-7-15(13-26-19)11-17-8-10-20(30-3)21(22(17)24)16-5-4-6-18(25)12-16/h4-10,12-13H,11,14,25H2,1-3H3,(H,27,29). The zero-order valence-electron chi connectivity index (χ0n) is 17.3. The first kappa shape index (κ1) is 21.1. The highest BCUT2D eigenvalue weighted by molar-refractivity contribution is 5.74. The van der Waals surface area contributed by atoms with Crippen molar-refractivity contribution >= 4 is 11.7 Å². The molecule has 1 heterocycles. The largest absolute Gasteiger partial charge is 0.496 e. The number of nitrogens with two attached hydrogens (primary N) is 1. The summed E-state index contributed by atoms with van der Waals surface area (Å²) in [5, 5.41) is 2.76. The second kappa shape index (κ2) is 9.26. The molecule has 0 atom stereocenters. The van der Waals surface area contributed by atoms with E-state index >= 15 is 4.39 Å². The fourth-order valence-corrected chi connectivity index (χ4v) is 3.08. The molecule has 2 aromatic carbocycles. The number of pyridine rings is 1. The fraction of sp³-hybridized carbons (Fsp3) is 0.217. The average molecular weight is 408 g/mol. The summed E-state index contributed by atoms with van der Waals surface area (Å²) >= 11 is 0. The Labute approximate surface area is 175 Å². The summed E-state index contributed by atoms with van der Waals surface area (Å²) in [5.41, 5.74) is 9.60. The SMILES string of the molecule is COc1ccc(Cc2ccc(CNC(=O)N(C)C)nc2)c(F)c1-c1cccc(N)c1. The third-order valence-electron chi connectivity index (χ3n) is 4.69. The van der Waals surface area contributed by atoms with Crippen LogP contribution in [0.4, 0.5) is 14.9 Å². The van der Waals surface area contributed by atoms with Crippen LogP contribution in [0.3, 0.4) is 0 Å². The van der Waals surface area contributed by atoms with Crippen LogP contribution in [0.15, 0.2) is 54.7 Å². The molecule has 7 heteroatoms. The van der Waals surface area contributed by atoms with Gasteiger partial charge in [-0.3, -0.25) is 4.98 Å². The topological polar surface area (TPSA) is 80.5 Å². The molecular weight excluding hydrogens is 383 g/mol. The van der Waals surface area contributed by atoms with Gasteiger partial charge in [0.15, 0.2) is 0 Å². The number of nitrogens with zero attached hydrogens (tertiary/aromatic N) is 2. The molecule has 156 valence electrons. The van der Waals surface area contributed by atoms with Crippen molar-refractivity contribution in [3.05, 3.63) is 77.4 Å². The number of halogens is 1. The van der Waals surface area contributed by atoms with Crippen molar-refractivity contribution in [3.63, 3.8) is 0 Å². The molecule has 0 saturated heterocycles. The van der Waals surface area contributed by atoms with Crippen LogP contribution in [0, 0.1) is 5.82 Å². The molecule has 3 rings (SSSR count). The molecule has 0 fully saturated rings. The number of urea groups is 1. The van der Waals surface area contributed by atoms with Crippen LogP contribution in [0.25, 0.3) is 11.1 Å². The van der Waals surface area contributed by atoms with Crippen LogP contribution < -0.4 is 15.8 Å². The second-order valence-corrected chi connectivity index (χ2v) is 7.13. The Hall–Kier alpha value is -3.61. The van der Waals surface area contributed by atoms with Gasteiger partial charge in [0, 0.05) is 32.4 Å². The zero-order chi connectivity index (χ0) is 21.7. The molecule has 30 heavy (non-hydrogen) atoms. The van der Waals surface area contributed by atoms with Gasteiger partial charge in [-0.05, 0) is 41.0 Å². The normalized spacial score (nSPS) is 10.5. The molecule has 0 aliphatic heterocycles. The van der Waals surface area contributed by atoms with Gasteiger partial charge in [-0.25, -0.2) is 9.18 Å². The van der Waals surface area contributed by atoms with E-state index in [1.54, 1.807) is 56.7 Å². The predicted molar refractivity (Wildman–Crippen MR) is 116 cm³/mol. The minimum absolute atomic E-state index is 0.185. The van der Waals surface area contributed by atoms with Crippen LogP contribution in [-0.4, -0.2) is 37.1 Å². The highest BCUT2D eigenvalue weighted by atomic mass is 19.1. The number of ether oxygens (including phenoxy) is 1. The van der Waals surface area contributed by atoms with Gasteiger partial charge in [0.1, 0.15) is 11.6 Å². The lowest BCUT2D eigenvalue weighted by Gasteiger charge is -2.14. The molecule has 0 aliphatic carbocycles. The summed E-state index contributed by atoms with van der Waals surface area (Å²) in [6, 6.07) is 14.1. The van der Waals surface area contributed by atoms with Gasteiger partial charge < -0.3 is 20.7 Å². The Morgan fingerprint density at radius 3 is 2.63 bits per heavy atom. The van der Waals surface area contributed by atoms with Crippen LogP contribution in [0.5, 0.6) is 5.75 Å². The highest BCUT2D eigenvalue weighted by Crippen LogP contribution is 2.35. The van der Waals surface area contributed by atoms with E-state index in [1.807, 2.05) is 12.1 Å².